The first-order valence-corrected chi connectivity index (χ1v) is 9.03. The van der Waals surface area contributed by atoms with E-state index in [1.54, 1.807) is 16.8 Å². The maximum absolute atomic E-state index is 13.4. The number of hydrogen-bond acceptors (Lipinski definition) is 4. The highest BCUT2D eigenvalue weighted by Gasteiger charge is 2.36. The summed E-state index contributed by atoms with van der Waals surface area (Å²) in [6.45, 7) is 1.87. The van der Waals surface area contributed by atoms with Gasteiger partial charge < -0.3 is 9.47 Å². The summed E-state index contributed by atoms with van der Waals surface area (Å²) in [5, 5.41) is 12.7. The van der Waals surface area contributed by atoms with E-state index in [4.69, 9.17) is 0 Å². The van der Waals surface area contributed by atoms with Crippen molar-refractivity contribution < 1.29 is 13.6 Å². The van der Waals surface area contributed by atoms with E-state index in [1.165, 1.54) is 4.90 Å². The van der Waals surface area contributed by atoms with Crippen LogP contribution in [0.3, 0.4) is 0 Å². The molecule has 7 nitrogen and oxygen atoms in total. The Labute approximate surface area is 160 Å². The quantitative estimate of drug-likeness (QED) is 0.694. The fourth-order valence-electron chi connectivity index (χ4n) is 3.22. The highest BCUT2D eigenvalue weighted by molar-refractivity contribution is 5.93. The highest BCUT2D eigenvalue weighted by Crippen LogP contribution is 2.29. The number of likely N-dealkylation sites (tertiary alicyclic amines) is 1. The maximum atomic E-state index is 13.4. The fourth-order valence-corrected chi connectivity index (χ4v) is 3.22. The molecule has 1 aliphatic heterocycles. The maximum Gasteiger partial charge on any atom is 0.274 e. The van der Waals surface area contributed by atoms with Gasteiger partial charge >= 0.3 is 0 Å². The largest absolute Gasteiger partial charge is 0.357 e. The number of rotatable bonds is 3. The van der Waals surface area contributed by atoms with E-state index >= 15 is 0 Å². The molecule has 0 radical (unpaired) electrons. The minimum absolute atomic E-state index is 0.0176. The summed E-state index contributed by atoms with van der Waals surface area (Å²) in [4.78, 5) is 14.3. The Balaban J connectivity index is 1.71. The van der Waals surface area contributed by atoms with Gasteiger partial charge in [-0.2, -0.15) is 10.2 Å². The summed E-state index contributed by atoms with van der Waals surface area (Å²) in [6.07, 6.45) is 3.15. The average Bonchev–Trinajstić information content (AvgIpc) is 3.28. The third-order valence-electron chi connectivity index (χ3n) is 4.84. The van der Waals surface area contributed by atoms with Gasteiger partial charge in [0.1, 0.15) is 0 Å². The van der Waals surface area contributed by atoms with Gasteiger partial charge in [0.2, 0.25) is 0 Å². The lowest BCUT2D eigenvalue weighted by Gasteiger charge is -2.31. The van der Waals surface area contributed by atoms with Crippen LogP contribution in [0.15, 0.2) is 36.7 Å². The molecule has 3 aromatic rings. The Morgan fingerprint density at radius 3 is 2.50 bits per heavy atom. The molecule has 4 rings (SSSR count). The predicted molar refractivity (Wildman–Crippen MR) is 98.4 cm³/mol. The first-order valence-electron chi connectivity index (χ1n) is 9.03. The number of aryl methyl sites for hydroxylation is 2. The number of carbonyl (C=O) groups is 1. The van der Waals surface area contributed by atoms with Crippen LogP contribution in [0.4, 0.5) is 8.78 Å². The number of piperidine rings is 1. The Bertz CT molecular complexity index is 998. The van der Waals surface area contributed by atoms with Gasteiger partial charge in [0.15, 0.2) is 11.5 Å². The molecule has 0 N–H and O–H groups in total. The van der Waals surface area contributed by atoms with E-state index in [-0.39, 0.29) is 37.5 Å². The smallest absolute Gasteiger partial charge is 0.274 e. The molecule has 0 spiro atoms. The Morgan fingerprint density at radius 1 is 1.14 bits per heavy atom. The van der Waals surface area contributed by atoms with E-state index in [9.17, 15) is 13.6 Å². The topological polar surface area (TPSA) is 68.8 Å². The van der Waals surface area contributed by atoms with Crippen LogP contribution in [-0.4, -0.2) is 54.4 Å². The lowest BCUT2D eigenvalue weighted by molar-refractivity contribution is -0.0495. The van der Waals surface area contributed by atoms with Gasteiger partial charge in [-0.25, -0.2) is 13.5 Å². The van der Waals surface area contributed by atoms with Crippen molar-refractivity contribution in [3.05, 3.63) is 48.0 Å². The molecule has 9 heteroatoms. The van der Waals surface area contributed by atoms with Crippen molar-refractivity contribution in [2.24, 2.45) is 7.05 Å². The average molecular weight is 386 g/mol. The molecule has 0 aromatic carbocycles. The minimum Gasteiger partial charge on any atom is -0.357 e. The van der Waals surface area contributed by atoms with Gasteiger partial charge in [-0.05, 0) is 31.2 Å². The Kier molecular flexibility index (Phi) is 4.44. The third-order valence-corrected chi connectivity index (χ3v) is 4.84. The standard InChI is InChI=1S/C19H20F2N6O/c1-13-3-4-17(23-22-13)27-16(14-5-8-25(2)12-14)11-15(24-27)18(28)26-9-6-19(20,21)7-10-26/h3-5,8,11-12H,6-7,9-10H2,1-2H3. The molecule has 28 heavy (non-hydrogen) atoms. The van der Waals surface area contributed by atoms with Crippen LogP contribution in [0.25, 0.3) is 17.1 Å². The van der Waals surface area contributed by atoms with Crippen molar-refractivity contribution in [3.63, 3.8) is 0 Å². The van der Waals surface area contributed by atoms with E-state index in [1.807, 2.05) is 43.1 Å². The molecule has 1 aliphatic rings. The minimum atomic E-state index is -2.71. The van der Waals surface area contributed by atoms with Gasteiger partial charge in [0.25, 0.3) is 11.8 Å². The number of alkyl halides is 2. The molecule has 0 saturated carbocycles. The third kappa shape index (κ3) is 3.51. The van der Waals surface area contributed by atoms with Crippen LogP contribution >= 0.6 is 0 Å². The predicted octanol–water partition coefficient (Wildman–Crippen LogP) is 2.85. The van der Waals surface area contributed by atoms with E-state index in [2.05, 4.69) is 15.3 Å². The lowest BCUT2D eigenvalue weighted by Crippen LogP contribution is -2.42. The van der Waals surface area contributed by atoms with Gasteiger partial charge in [-0.15, -0.1) is 5.10 Å². The molecule has 0 aliphatic carbocycles. The van der Waals surface area contributed by atoms with Crippen LogP contribution < -0.4 is 0 Å². The van der Waals surface area contributed by atoms with Crippen molar-refractivity contribution in [3.8, 4) is 17.1 Å². The molecule has 3 aromatic heterocycles. The van der Waals surface area contributed by atoms with E-state index in [0.717, 1.165) is 11.3 Å². The summed E-state index contributed by atoms with van der Waals surface area (Å²) in [7, 11) is 1.90. The Hall–Kier alpha value is -3.10. The number of amides is 1. The summed E-state index contributed by atoms with van der Waals surface area (Å²) in [6, 6.07) is 7.17. The lowest BCUT2D eigenvalue weighted by atomic mass is 10.1. The molecule has 1 amide bonds. The summed E-state index contributed by atoms with van der Waals surface area (Å²) in [5.74, 6) is -2.58. The SMILES string of the molecule is Cc1ccc(-n2nc(C(=O)N3CCC(F)(F)CC3)cc2-c2ccn(C)c2)nn1. The van der Waals surface area contributed by atoms with Crippen molar-refractivity contribution in [1.29, 1.82) is 0 Å². The zero-order valence-corrected chi connectivity index (χ0v) is 15.6. The molecular formula is C19H20F2N6O. The second-order valence-electron chi connectivity index (χ2n) is 7.07. The van der Waals surface area contributed by atoms with Crippen molar-refractivity contribution in [2.45, 2.75) is 25.7 Å². The summed E-state index contributed by atoms with van der Waals surface area (Å²) >= 11 is 0. The van der Waals surface area contributed by atoms with E-state index in [0.29, 0.717) is 11.5 Å². The van der Waals surface area contributed by atoms with Crippen LogP contribution in [0.1, 0.15) is 29.0 Å². The molecule has 146 valence electrons. The first-order chi connectivity index (χ1) is 13.3. The zero-order valence-electron chi connectivity index (χ0n) is 15.6. The molecule has 1 saturated heterocycles. The zero-order chi connectivity index (χ0) is 19.9. The second kappa shape index (κ2) is 6.81. The van der Waals surface area contributed by atoms with Crippen LogP contribution in [0, 0.1) is 6.92 Å². The number of hydrogen-bond donors (Lipinski definition) is 0. The van der Waals surface area contributed by atoms with Crippen LogP contribution in [0.5, 0.6) is 0 Å². The van der Waals surface area contributed by atoms with Gasteiger partial charge in [-0.3, -0.25) is 4.79 Å². The molecule has 0 bridgehead atoms. The molecule has 0 unspecified atom stereocenters. The van der Waals surface area contributed by atoms with Crippen LogP contribution in [0.2, 0.25) is 0 Å². The van der Waals surface area contributed by atoms with Gasteiger partial charge in [0.05, 0.1) is 11.4 Å². The van der Waals surface area contributed by atoms with Crippen LogP contribution in [-0.2, 0) is 7.05 Å². The number of nitrogens with zero attached hydrogens (tertiary/aromatic N) is 6. The monoisotopic (exact) mass is 386 g/mol. The molecule has 4 heterocycles. The van der Waals surface area contributed by atoms with Crippen molar-refractivity contribution in [1.82, 2.24) is 29.4 Å². The first kappa shape index (κ1) is 18.3. The molecule has 0 atom stereocenters. The van der Waals surface area contributed by atoms with Gasteiger partial charge in [0, 0.05) is 50.9 Å². The fraction of sp³-hybridized carbons (Fsp3) is 0.368. The Morgan fingerprint density at radius 2 is 1.89 bits per heavy atom. The normalized spacial score (nSPS) is 16.4. The second-order valence-corrected chi connectivity index (χ2v) is 7.07. The van der Waals surface area contributed by atoms with Crippen molar-refractivity contribution in [2.75, 3.05) is 13.1 Å². The summed E-state index contributed by atoms with van der Waals surface area (Å²) < 4.78 is 30.3. The number of aromatic nitrogens is 5. The molecule has 1 fully saturated rings. The number of carbonyl (C=O) groups excluding carboxylic acids is 1. The molecular weight excluding hydrogens is 366 g/mol. The van der Waals surface area contributed by atoms with Crippen molar-refractivity contribution >= 4 is 5.91 Å². The van der Waals surface area contributed by atoms with E-state index < -0.39 is 5.92 Å². The number of halogens is 2. The highest BCUT2D eigenvalue weighted by atomic mass is 19.3. The van der Waals surface area contributed by atoms with Gasteiger partial charge in [-0.1, -0.05) is 0 Å². The summed E-state index contributed by atoms with van der Waals surface area (Å²) in [5.41, 5.74) is 2.51.